The molecule has 1 aliphatic heterocycles. The van der Waals surface area contributed by atoms with E-state index in [-0.39, 0.29) is 11.9 Å². The topological polar surface area (TPSA) is 52.6 Å². The molecule has 1 heterocycles. The first kappa shape index (κ1) is 18.5. The maximum absolute atomic E-state index is 12.4. The van der Waals surface area contributed by atoms with Crippen LogP contribution in [0.25, 0.3) is 0 Å². The number of benzene rings is 2. The fourth-order valence-electron chi connectivity index (χ4n) is 3.63. The van der Waals surface area contributed by atoms with Crippen molar-refractivity contribution in [1.82, 2.24) is 10.2 Å². The minimum atomic E-state index is 0.0212. The highest BCUT2D eigenvalue weighted by Gasteiger charge is 2.22. The molecule has 0 aromatic heterocycles. The van der Waals surface area contributed by atoms with Gasteiger partial charge in [-0.25, -0.2) is 0 Å². The van der Waals surface area contributed by atoms with Gasteiger partial charge in [0.1, 0.15) is 5.75 Å². The Morgan fingerprint density at radius 3 is 2.54 bits per heavy atom. The van der Waals surface area contributed by atoms with E-state index in [0.29, 0.717) is 18.2 Å². The van der Waals surface area contributed by atoms with E-state index in [9.17, 15) is 9.90 Å². The zero-order valence-corrected chi connectivity index (χ0v) is 15.6. The molecule has 0 unspecified atom stereocenters. The van der Waals surface area contributed by atoms with Crippen molar-refractivity contribution in [2.24, 2.45) is 0 Å². The van der Waals surface area contributed by atoms with Crippen LogP contribution in [0.5, 0.6) is 5.75 Å². The first-order valence-electron chi connectivity index (χ1n) is 9.38. The first-order valence-corrected chi connectivity index (χ1v) is 9.38. The van der Waals surface area contributed by atoms with Crippen LogP contribution in [0.2, 0.25) is 0 Å². The molecule has 1 saturated heterocycles. The van der Waals surface area contributed by atoms with Crippen LogP contribution in [0.15, 0.2) is 48.5 Å². The van der Waals surface area contributed by atoms with Crippen molar-refractivity contribution >= 4 is 5.91 Å². The summed E-state index contributed by atoms with van der Waals surface area (Å²) < 4.78 is 0. The smallest absolute Gasteiger partial charge is 0.234 e. The minimum Gasteiger partial charge on any atom is -0.508 e. The first-order chi connectivity index (χ1) is 12.5. The molecule has 0 bridgehead atoms. The standard InChI is InChI=1S/C22H28N2O2/c1-16-6-8-18(9-7-16)17(2)23-22(26)15-24-12-10-19(11-13-24)20-4-3-5-21(25)14-20/h3-9,14,17,19,25H,10-13,15H2,1-2H3,(H,23,26)/t17-/m1/s1. The Hall–Kier alpha value is -2.33. The van der Waals surface area contributed by atoms with E-state index in [1.165, 1.54) is 11.1 Å². The highest BCUT2D eigenvalue weighted by Crippen LogP contribution is 2.29. The summed E-state index contributed by atoms with van der Waals surface area (Å²) in [7, 11) is 0. The lowest BCUT2D eigenvalue weighted by atomic mass is 9.89. The zero-order chi connectivity index (χ0) is 18.5. The van der Waals surface area contributed by atoms with Gasteiger partial charge in [-0.2, -0.15) is 0 Å². The van der Waals surface area contributed by atoms with Crippen LogP contribution < -0.4 is 5.32 Å². The maximum Gasteiger partial charge on any atom is 0.234 e. The van der Waals surface area contributed by atoms with Gasteiger partial charge in [-0.05, 0) is 69.0 Å². The number of likely N-dealkylation sites (tertiary alicyclic amines) is 1. The van der Waals surface area contributed by atoms with Crippen LogP contribution in [-0.2, 0) is 4.79 Å². The molecule has 2 N–H and O–H groups in total. The fraction of sp³-hybridized carbons (Fsp3) is 0.409. The predicted octanol–water partition coefficient (Wildman–Crippen LogP) is 3.76. The zero-order valence-electron chi connectivity index (χ0n) is 15.6. The molecular weight excluding hydrogens is 324 g/mol. The van der Waals surface area contributed by atoms with Crippen molar-refractivity contribution in [3.05, 3.63) is 65.2 Å². The van der Waals surface area contributed by atoms with Gasteiger partial charge in [-0.3, -0.25) is 9.69 Å². The number of amides is 1. The Kier molecular flexibility index (Phi) is 5.94. The second-order valence-electron chi connectivity index (χ2n) is 7.35. The second-order valence-corrected chi connectivity index (χ2v) is 7.35. The number of nitrogens with zero attached hydrogens (tertiary/aromatic N) is 1. The van der Waals surface area contributed by atoms with E-state index in [1.807, 2.05) is 19.1 Å². The summed E-state index contributed by atoms with van der Waals surface area (Å²) in [6.45, 7) is 6.35. The van der Waals surface area contributed by atoms with Crippen LogP contribution in [0, 0.1) is 6.92 Å². The predicted molar refractivity (Wildman–Crippen MR) is 104 cm³/mol. The third-order valence-corrected chi connectivity index (χ3v) is 5.25. The van der Waals surface area contributed by atoms with E-state index in [1.54, 1.807) is 6.07 Å². The van der Waals surface area contributed by atoms with Crippen molar-refractivity contribution in [3.63, 3.8) is 0 Å². The van der Waals surface area contributed by atoms with Gasteiger partial charge < -0.3 is 10.4 Å². The fourth-order valence-corrected chi connectivity index (χ4v) is 3.63. The summed E-state index contributed by atoms with van der Waals surface area (Å²) in [6, 6.07) is 15.9. The lowest BCUT2D eigenvalue weighted by molar-refractivity contribution is -0.123. The molecule has 0 saturated carbocycles. The van der Waals surface area contributed by atoms with Gasteiger partial charge in [0.15, 0.2) is 0 Å². The van der Waals surface area contributed by atoms with Crippen molar-refractivity contribution in [2.75, 3.05) is 19.6 Å². The molecule has 138 valence electrons. The Labute approximate surface area is 155 Å². The normalized spacial score (nSPS) is 17.0. The highest BCUT2D eigenvalue weighted by atomic mass is 16.3. The molecule has 26 heavy (non-hydrogen) atoms. The average molecular weight is 352 g/mol. The number of carbonyl (C=O) groups is 1. The van der Waals surface area contributed by atoms with Gasteiger partial charge >= 0.3 is 0 Å². The second kappa shape index (κ2) is 8.37. The average Bonchev–Trinajstić information content (AvgIpc) is 2.62. The van der Waals surface area contributed by atoms with Gasteiger partial charge in [0.25, 0.3) is 0 Å². The van der Waals surface area contributed by atoms with Gasteiger partial charge in [0.2, 0.25) is 5.91 Å². The Morgan fingerprint density at radius 1 is 1.19 bits per heavy atom. The van der Waals surface area contributed by atoms with E-state index >= 15 is 0 Å². The van der Waals surface area contributed by atoms with Crippen molar-refractivity contribution in [1.29, 1.82) is 0 Å². The third-order valence-electron chi connectivity index (χ3n) is 5.25. The number of aromatic hydroxyl groups is 1. The summed E-state index contributed by atoms with van der Waals surface area (Å²) in [5.74, 6) is 0.871. The van der Waals surface area contributed by atoms with Crippen LogP contribution in [0.3, 0.4) is 0 Å². The summed E-state index contributed by atoms with van der Waals surface area (Å²) in [6.07, 6.45) is 2.04. The molecule has 4 heteroatoms. The Balaban J connectivity index is 1.46. The molecule has 0 spiro atoms. The summed E-state index contributed by atoms with van der Waals surface area (Å²) in [4.78, 5) is 14.6. The third kappa shape index (κ3) is 4.85. The summed E-state index contributed by atoms with van der Waals surface area (Å²) >= 11 is 0. The number of rotatable bonds is 5. The van der Waals surface area contributed by atoms with Gasteiger partial charge in [0, 0.05) is 0 Å². The molecule has 1 atom stereocenters. The molecular formula is C22H28N2O2. The quantitative estimate of drug-likeness (QED) is 0.861. The van der Waals surface area contributed by atoms with E-state index in [0.717, 1.165) is 31.5 Å². The van der Waals surface area contributed by atoms with Gasteiger partial charge in [-0.1, -0.05) is 42.0 Å². The van der Waals surface area contributed by atoms with Crippen molar-refractivity contribution < 1.29 is 9.90 Å². The van der Waals surface area contributed by atoms with Crippen molar-refractivity contribution in [3.8, 4) is 5.75 Å². The molecule has 1 fully saturated rings. The van der Waals surface area contributed by atoms with Crippen LogP contribution in [-0.4, -0.2) is 35.5 Å². The lowest BCUT2D eigenvalue weighted by Gasteiger charge is -2.32. The molecule has 3 rings (SSSR count). The largest absolute Gasteiger partial charge is 0.508 e. The molecule has 2 aromatic rings. The van der Waals surface area contributed by atoms with E-state index in [4.69, 9.17) is 0 Å². The minimum absolute atomic E-state index is 0.0212. The molecule has 1 amide bonds. The monoisotopic (exact) mass is 352 g/mol. The Morgan fingerprint density at radius 2 is 1.88 bits per heavy atom. The van der Waals surface area contributed by atoms with Crippen LogP contribution in [0.4, 0.5) is 0 Å². The number of phenols is 1. The lowest BCUT2D eigenvalue weighted by Crippen LogP contribution is -2.41. The van der Waals surface area contributed by atoms with E-state index in [2.05, 4.69) is 47.5 Å². The van der Waals surface area contributed by atoms with Crippen molar-refractivity contribution in [2.45, 2.75) is 38.6 Å². The number of nitrogens with one attached hydrogen (secondary N) is 1. The number of phenolic OH excluding ortho intramolecular Hbond substituents is 1. The number of hydrogen-bond acceptors (Lipinski definition) is 3. The molecule has 2 aromatic carbocycles. The molecule has 1 aliphatic rings. The highest BCUT2D eigenvalue weighted by molar-refractivity contribution is 5.78. The Bertz CT molecular complexity index is 734. The molecule has 0 aliphatic carbocycles. The van der Waals surface area contributed by atoms with Gasteiger partial charge in [-0.15, -0.1) is 0 Å². The summed E-state index contributed by atoms with van der Waals surface area (Å²) in [5.41, 5.74) is 3.55. The van der Waals surface area contributed by atoms with Gasteiger partial charge in [0.05, 0.1) is 12.6 Å². The molecule has 4 nitrogen and oxygen atoms in total. The maximum atomic E-state index is 12.4. The number of piperidine rings is 1. The van der Waals surface area contributed by atoms with E-state index < -0.39 is 0 Å². The number of aryl methyl sites for hydroxylation is 1. The summed E-state index contributed by atoms with van der Waals surface area (Å²) in [5, 5.41) is 12.7. The number of carbonyl (C=O) groups excluding carboxylic acids is 1. The van der Waals surface area contributed by atoms with Crippen LogP contribution in [0.1, 0.15) is 48.4 Å². The SMILES string of the molecule is Cc1ccc([C@@H](C)NC(=O)CN2CCC(c3cccc(O)c3)CC2)cc1. The number of hydrogen-bond donors (Lipinski definition) is 2. The molecule has 0 radical (unpaired) electrons. The van der Waals surface area contributed by atoms with Crippen LogP contribution >= 0.6 is 0 Å².